The van der Waals surface area contributed by atoms with E-state index in [0.29, 0.717) is 10.1 Å². The maximum atomic E-state index is 13.2. The summed E-state index contributed by atoms with van der Waals surface area (Å²) in [6.45, 7) is 0. The minimum Gasteiger partial charge on any atom is -0.258 e. The Morgan fingerprint density at radius 3 is 2.93 bits per heavy atom. The van der Waals surface area contributed by atoms with Crippen molar-refractivity contribution in [2.45, 2.75) is 0 Å². The van der Waals surface area contributed by atoms with E-state index in [2.05, 4.69) is 15.9 Å². The van der Waals surface area contributed by atoms with Crippen LogP contribution in [-0.2, 0) is 0 Å². The first-order valence-electron chi connectivity index (χ1n) is 3.61. The monoisotopic (exact) mass is 275 g/mol. The maximum Gasteiger partial charge on any atom is 0.295 e. The minimum atomic E-state index is -0.605. The van der Waals surface area contributed by atoms with Crippen LogP contribution in [0.25, 0.3) is 10.1 Å². The van der Waals surface area contributed by atoms with Crippen LogP contribution in [0.1, 0.15) is 0 Å². The average Bonchev–Trinajstić information content (AvgIpc) is 2.52. The van der Waals surface area contributed by atoms with Gasteiger partial charge >= 0.3 is 0 Å². The summed E-state index contributed by atoms with van der Waals surface area (Å²) in [5.41, 5.74) is -0.207. The zero-order chi connectivity index (χ0) is 10.3. The Balaban J connectivity index is 2.93. The molecule has 0 amide bonds. The van der Waals surface area contributed by atoms with Crippen molar-refractivity contribution in [3.05, 3.63) is 37.9 Å². The van der Waals surface area contributed by atoms with Crippen LogP contribution in [-0.4, -0.2) is 4.92 Å². The van der Waals surface area contributed by atoms with Gasteiger partial charge in [0.1, 0.15) is 10.3 Å². The Kier molecular flexibility index (Phi) is 2.24. The highest BCUT2D eigenvalue weighted by Crippen LogP contribution is 2.37. The van der Waals surface area contributed by atoms with E-state index in [4.69, 9.17) is 0 Å². The van der Waals surface area contributed by atoms with Crippen molar-refractivity contribution >= 4 is 43.0 Å². The number of thiophene rings is 1. The van der Waals surface area contributed by atoms with E-state index in [9.17, 15) is 14.5 Å². The molecular formula is C8H3BrFNO2S. The van der Waals surface area contributed by atoms with Gasteiger partial charge in [-0.2, -0.15) is 0 Å². The lowest BCUT2D eigenvalue weighted by Gasteiger charge is -1.98. The summed E-state index contributed by atoms with van der Waals surface area (Å²) in [6, 6.07) is 2.90. The Morgan fingerprint density at radius 2 is 2.29 bits per heavy atom. The van der Waals surface area contributed by atoms with Gasteiger partial charge in [-0.25, -0.2) is 4.39 Å². The normalized spacial score (nSPS) is 10.7. The van der Waals surface area contributed by atoms with E-state index in [1.54, 1.807) is 11.4 Å². The highest BCUT2D eigenvalue weighted by molar-refractivity contribution is 9.10. The van der Waals surface area contributed by atoms with E-state index >= 15 is 0 Å². The molecule has 0 saturated heterocycles. The molecule has 0 saturated carbocycles. The molecule has 1 heterocycles. The molecule has 0 atom stereocenters. The summed E-state index contributed by atoms with van der Waals surface area (Å²) in [6.07, 6.45) is 0. The fourth-order valence-corrected chi connectivity index (χ4v) is 2.50. The number of halogens is 2. The van der Waals surface area contributed by atoms with Gasteiger partial charge < -0.3 is 0 Å². The first-order valence-corrected chi connectivity index (χ1v) is 5.28. The average molecular weight is 276 g/mol. The van der Waals surface area contributed by atoms with Gasteiger partial charge in [-0.15, -0.1) is 11.3 Å². The molecule has 2 rings (SSSR count). The molecule has 6 heteroatoms. The van der Waals surface area contributed by atoms with Gasteiger partial charge in [-0.1, -0.05) is 0 Å². The molecule has 0 aliphatic rings. The smallest absolute Gasteiger partial charge is 0.258 e. The van der Waals surface area contributed by atoms with Crippen molar-refractivity contribution in [2.75, 3.05) is 0 Å². The van der Waals surface area contributed by atoms with Crippen molar-refractivity contribution in [2.24, 2.45) is 0 Å². The molecule has 0 aliphatic carbocycles. The second-order valence-corrected chi connectivity index (χ2v) is 4.35. The topological polar surface area (TPSA) is 43.1 Å². The Bertz CT molecular complexity index is 525. The standard InChI is InChI=1S/C8H3BrFNO2S/c9-7-5(10)3-6-4(1-2-14-6)8(7)11(12)13/h1-3H. The van der Waals surface area contributed by atoms with Gasteiger partial charge in [0, 0.05) is 4.70 Å². The summed E-state index contributed by atoms with van der Waals surface area (Å²) in [7, 11) is 0. The molecule has 0 spiro atoms. The highest BCUT2D eigenvalue weighted by Gasteiger charge is 2.21. The van der Waals surface area contributed by atoms with E-state index < -0.39 is 10.7 Å². The lowest BCUT2D eigenvalue weighted by Crippen LogP contribution is -1.92. The predicted octanol–water partition coefficient (Wildman–Crippen LogP) is 3.71. The van der Waals surface area contributed by atoms with Gasteiger partial charge in [0.25, 0.3) is 5.69 Å². The van der Waals surface area contributed by atoms with Gasteiger partial charge in [0.15, 0.2) is 0 Å². The lowest BCUT2D eigenvalue weighted by molar-refractivity contribution is -0.384. The van der Waals surface area contributed by atoms with Gasteiger partial charge in [0.05, 0.1) is 10.3 Å². The molecule has 0 aliphatic heterocycles. The Hall–Kier alpha value is -1.01. The number of nitro groups is 1. The number of hydrogen-bond donors (Lipinski definition) is 0. The number of hydrogen-bond acceptors (Lipinski definition) is 3. The van der Waals surface area contributed by atoms with Gasteiger partial charge in [0.2, 0.25) is 0 Å². The third kappa shape index (κ3) is 1.31. The van der Waals surface area contributed by atoms with E-state index in [-0.39, 0.29) is 10.2 Å². The highest BCUT2D eigenvalue weighted by atomic mass is 79.9. The van der Waals surface area contributed by atoms with Crippen LogP contribution in [0.2, 0.25) is 0 Å². The zero-order valence-corrected chi connectivity index (χ0v) is 9.06. The van der Waals surface area contributed by atoms with Crippen molar-refractivity contribution < 1.29 is 9.31 Å². The van der Waals surface area contributed by atoms with Crippen LogP contribution in [0.5, 0.6) is 0 Å². The molecule has 72 valence electrons. The third-order valence-corrected chi connectivity index (χ3v) is 3.43. The number of nitro benzene ring substituents is 1. The van der Waals surface area contributed by atoms with Crippen LogP contribution in [0.4, 0.5) is 10.1 Å². The molecule has 3 nitrogen and oxygen atoms in total. The van der Waals surface area contributed by atoms with Crippen molar-refractivity contribution in [1.29, 1.82) is 0 Å². The number of fused-ring (bicyclic) bond motifs is 1. The summed E-state index contributed by atoms with van der Waals surface area (Å²) in [4.78, 5) is 10.1. The summed E-state index contributed by atoms with van der Waals surface area (Å²) in [5.74, 6) is -0.605. The SMILES string of the molecule is O=[N+]([O-])c1c(Br)c(F)cc2sccc12. The minimum absolute atomic E-state index is 0.0894. The zero-order valence-electron chi connectivity index (χ0n) is 6.66. The second kappa shape index (κ2) is 3.29. The van der Waals surface area contributed by atoms with Gasteiger partial charge in [-0.05, 0) is 33.4 Å². The molecule has 2 aromatic rings. The molecule has 0 bridgehead atoms. The molecule has 1 aromatic heterocycles. The summed E-state index contributed by atoms with van der Waals surface area (Å²) in [5, 5.41) is 12.9. The molecule has 0 radical (unpaired) electrons. The number of benzene rings is 1. The van der Waals surface area contributed by atoms with Crippen molar-refractivity contribution in [3.63, 3.8) is 0 Å². The fraction of sp³-hybridized carbons (Fsp3) is 0. The van der Waals surface area contributed by atoms with Crippen molar-refractivity contribution in [3.8, 4) is 0 Å². The second-order valence-electron chi connectivity index (χ2n) is 2.61. The molecule has 0 unspecified atom stereocenters. The summed E-state index contributed by atoms with van der Waals surface area (Å²) < 4.78 is 13.7. The van der Waals surface area contributed by atoms with Gasteiger partial charge in [-0.3, -0.25) is 10.1 Å². The third-order valence-electron chi connectivity index (χ3n) is 1.81. The first-order chi connectivity index (χ1) is 6.61. The van der Waals surface area contributed by atoms with E-state index in [1.807, 2.05) is 0 Å². The molecule has 0 fully saturated rings. The van der Waals surface area contributed by atoms with E-state index in [1.165, 1.54) is 17.4 Å². The van der Waals surface area contributed by atoms with E-state index in [0.717, 1.165) is 0 Å². The Morgan fingerprint density at radius 1 is 1.57 bits per heavy atom. The largest absolute Gasteiger partial charge is 0.295 e. The van der Waals surface area contributed by atoms with Crippen LogP contribution >= 0.6 is 27.3 Å². The van der Waals surface area contributed by atoms with Crippen LogP contribution < -0.4 is 0 Å². The quantitative estimate of drug-likeness (QED) is 0.588. The fourth-order valence-electron chi connectivity index (χ4n) is 1.22. The van der Waals surface area contributed by atoms with Crippen LogP contribution in [0.3, 0.4) is 0 Å². The molecule has 14 heavy (non-hydrogen) atoms. The molecule has 1 aromatic carbocycles. The lowest BCUT2D eigenvalue weighted by atomic mass is 10.2. The summed E-state index contributed by atoms with van der Waals surface area (Å²) >= 11 is 4.15. The first kappa shape index (κ1) is 9.54. The number of nitrogens with zero attached hydrogens (tertiary/aromatic N) is 1. The van der Waals surface area contributed by atoms with Crippen LogP contribution in [0, 0.1) is 15.9 Å². The predicted molar refractivity (Wildman–Crippen MR) is 56.1 cm³/mol. The van der Waals surface area contributed by atoms with Crippen molar-refractivity contribution in [1.82, 2.24) is 0 Å². The Labute approximate surface area is 90.4 Å². The maximum absolute atomic E-state index is 13.2. The molecular weight excluding hydrogens is 273 g/mol. The van der Waals surface area contributed by atoms with Crippen LogP contribution in [0.15, 0.2) is 22.0 Å². The number of rotatable bonds is 1. The molecule has 0 N–H and O–H groups in total.